The maximum atomic E-state index is 11.6. The molecular weight excluding hydrogens is 274 g/mol. The summed E-state index contributed by atoms with van der Waals surface area (Å²) in [6.07, 6.45) is 1.49. The molecule has 0 bridgehead atoms. The summed E-state index contributed by atoms with van der Waals surface area (Å²) in [4.78, 5) is 4.37. The summed E-state index contributed by atoms with van der Waals surface area (Å²) >= 11 is 6.01. The molecule has 1 aliphatic heterocycles. The summed E-state index contributed by atoms with van der Waals surface area (Å²) in [6, 6.07) is 5.33. The summed E-state index contributed by atoms with van der Waals surface area (Å²) in [5, 5.41) is 4.79. The minimum Gasteiger partial charge on any atom is -0.229 e. The highest BCUT2D eigenvalue weighted by Crippen LogP contribution is 2.26. The number of nitrogens with zero attached hydrogens (tertiary/aromatic N) is 3. The Hall–Kier alpha value is -1.14. The Morgan fingerprint density at radius 2 is 2.22 bits per heavy atom. The van der Waals surface area contributed by atoms with E-state index in [-0.39, 0.29) is 17.4 Å². The van der Waals surface area contributed by atoms with Crippen molar-refractivity contribution in [2.24, 2.45) is 0 Å². The van der Waals surface area contributed by atoms with Crippen molar-refractivity contribution >= 4 is 27.1 Å². The maximum absolute atomic E-state index is 11.6. The third-order valence-electron chi connectivity index (χ3n) is 3.16. The summed E-state index contributed by atoms with van der Waals surface area (Å²) in [6.45, 7) is 0. The summed E-state index contributed by atoms with van der Waals surface area (Å²) in [7, 11) is -2.95. The van der Waals surface area contributed by atoms with Crippen molar-refractivity contribution in [3.8, 4) is 0 Å². The van der Waals surface area contributed by atoms with Gasteiger partial charge in [0.25, 0.3) is 0 Å². The molecule has 1 saturated heterocycles. The molecule has 0 aromatic carbocycles. The van der Waals surface area contributed by atoms with Crippen LogP contribution in [-0.2, 0) is 9.84 Å². The number of sulfone groups is 1. The molecule has 0 radical (unpaired) electrons. The van der Waals surface area contributed by atoms with Crippen LogP contribution in [0.4, 0.5) is 0 Å². The van der Waals surface area contributed by atoms with E-state index in [0.29, 0.717) is 23.0 Å². The molecular formula is C11H12ClN3O2S. The lowest BCUT2D eigenvalue weighted by Crippen LogP contribution is -2.24. The fraction of sp³-hybridized carbons (Fsp3) is 0.455. The summed E-state index contributed by atoms with van der Waals surface area (Å²) in [5.41, 5.74) is 0.653. The molecule has 96 valence electrons. The van der Waals surface area contributed by atoms with Gasteiger partial charge >= 0.3 is 0 Å². The van der Waals surface area contributed by atoms with Gasteiger partial charge in [-0.1, -0.05) is 17.7 Å². The van der Waals surface area contributed by atoms with Gasteiger partial charge in [0.05, 0.1) is 11.5 Å². The second-order valence-corrected chi connectivity index (χ2v) is 7.16. The molecule has 0 aliphatic carbocycles. The standard InChI is InChI=1S/C11H12ClN3O2S/c12-9-4-1-5-10-13-11(14-15(9)10)8-3-2-6-18(16,17)7-8/h1,4-5,8H,2-3,6-7H2. The van der Waals surface area contributed by atoms with Crippen LogP contribution in [0.25, 0.3) is 5.65 Å². The Kier molecular flexibility index (Phi) is 2.79. The Morgan fingerprint density at radius 3 is 2.94 bits per heavy atom. The van der Waals surface area contributed by atoms with Gasteiger partial charge in [-0.15, -0.1) is 5.10 Å². The van der Waals surface area contributed by atoms with Crippen LogP contribution in [0.2, 0.25) is 5.15 Å². The van der Waals surface area contributed by atoms with Gasteiger partial charge in [0.1, 0.15) is 5.15 Å². The minimum absolute atomic E-state index is 0.111. The lowest BCUT2D eigenvalue weighted by Gasteiger charge is -2.18. The summed E-state index contributed by atoms with van der Waals surface area (Å²) in [5.74, 6) is 0.880. The van der Waals surface area contributed by atoms with E-state index in [9.17, 15) is 8.42 Å². The van der Waals surface area contributed by atoms with E-state index < -0.39 is 9.84 Å². The average molecular weight is 286 g/mol. The normalized spacial score (nSPS) is 23.3. The average Bonchev–Trinajstić information content (AvgIpc) is 2.73. The molecule has 2 aromatic heterocycles. The van der Waals surface area contributed by atoms with Crippen LogP contribution in [0.15, 0.2) is 18.2 Å². The molecule has 7 heteroatoms. The van der Waals surface area contributed by atoms with Crippen LogP contribution in [-0.4, -0.2) is 34.5 Å². The molecule has 5 nitrogen and oxygen atoms in total. The molecule has 1 aliphatic rings. The first-order chi connectivity index (χ1) is 8.55. The van der Waals surface area contributed by atoms with Crippen LogP contribution in [0, 0.1) is 0 Å². The lowest BCUT2D eigenvalue weighted by atomic mass is 10.1. The third-order valence-corrected chi connectivity index (χ3v) is 5.27. The number of rotatable bonds is 1. The van der Waals surface area contributed by atoms with E-state index >= 15 is 0 Å². The van der Waals surface area contributed by atoms with Gasteiger partial charge in [-0.25, -0.2) is 17.9 Å². The fourth-order valence-corrected chi connectivity index (χ4v) is 4.19. The Morgan fingerprint density at radius 1 is 1.39 bits per heavy atom. The van der Waals surface area contributed by atoms with Crippen molar-refractivity contribution in [3.05, 3.63) is 29.2 Å². The molecule has 0 saturated carbocycles. The molecule has 0 N–H and O–H groups in total. The highest BCUT2D eigenvalue weighted by Gasteiger charge is 2.28. The first kappa shape index (κ1) is 11.9. The molecule has 0 spiro atoms. The fourth-order valence-electron chi connectivity index (χ4n) is 2.29. The van der Waals surface area contributed by atoms with Crippen LogP contribution < -0.4 is 0 Å². The van der Waals surface area contributed by atoms with E-state index in [0.717, 1.165) is 6.42 Å². The zero-order chi connectivity index (χ0) is 12.8. The zero-order valence-corrected chi connectivity index (χ0v) is 11.2. The minimum atomic E-state index is -2.95. The largest absolute Gasteiger partial charge is 0.229 e. The van der Waals surface area contributed by atoms with Gasteiger partial charge < -0.3 is 0 Å². The van der Waals surface area contributed by atoms with Gasteiger partial charge in [0, 0.05) is 5.92 Å². The second-order valence-electron chi connectivity index (χ2n) is 4.54. The van der Waals surface area contributed by atoms with Gasteiger partial charge in [0.2, 0.25) is 0 Å². The zero-order valence-electron chi connectivity index (χ0n) is 9.58. The Labute approximate surface area is 110 Å². The molecule has 3 rings (SSSR count). The van der Waals surface area contributed by atoms with Crippen LogP contribution >= 0.6 is 11.6 Å². The molecule has 3 heterocycles. The molecule has 18 heavy (non-hydrogen) atoms. The second kappa shape index (κ2) is 4.20. The van der Waals surface area contributed by atoms with Crippen molar-refractivity contribution in [1.82, 2.24) is 14.6 Å². The van der Waals surface area contributed by atoms with Crippen molar-refractivity contribution in [1.29, 1.82) is 0 Å². The highest BCUT2D eigenvalue weighted by atomic mass is 35.5. The number of hydrogen-bond acceptors (Lipinski definition) is 4. The molecule has 1 fully saturated rings. The van der Waals surface area contributed by atoms with E-state index in [4.69, 9.17) is 11.6 Å². The number of pyridine rings is 1. The van der Waals surface area contributed by atoms with E-state index in [1.807, 2.05) is 0 Å². The Balaban J connectivity index is 2.02. The summed E-state index contributed by atoms with van der Waals surface area (Å²) < 4.78 is 24.8. The van der Waals surface area contributed by atoms with E-state index in [2.05, 4.69) is 10.1 Å². The highest BCUT2D eigenvalue weighted by molar-refractivity contribution is 7.91. The van der Waals surface area contributed by atoms with Gasteiger partial charge in [-0.05, 0) is 25.0 Å². The van der Waals surface area contributed by atoms with Crippen LogP contribution in [0.1, 0.15) is 24.6 Å². The monoisotopic (exact) mass is 285 g/mol. The molecule has 0 amide bonds. The maximum Gasteiger partial charge on any atom is 0.157 e. The van der Waals surface area contributed by atoms with Crippen LogP contribution in [0.5, 0.6) is 0 Å². The van der Waals surface area contributed by atoms with Gasteiger partial charge in [-0.3, -0.25) is 0 Å². The lowest BCUT2D eigenvalue weighted by molar-refractivity contribution is 0.543. The van der Waals surface area contributed by atoms with Crippen molar-refractivity contribution in [2.45, 2.75) is 18.8 Å². The Bertz CT molecular complexity index is 695. The molecule has 1 atom stereocenters. The predicted molar refractivity (Wildman–Crippen MR) is 68.6 cm³/mol. The van der Waals surface area contributed by atoms with Crippen molar-refractivity contribution in [2.75, 3.05) is 11.5 Å². The smallest absolute Gasteiger partial charge is 0.157 e. The first-order valence-electron chi connectivity index (χ1n) is 5.77. The predicted octanol–water partition coefficient (Wildman–Crippen LogP) is 1.67. The number of aromatic nitrogens is 3. The van der Waals surface area contributed by atoms with Crippen molar-refractivity contribution in [3.63, 3.8) is 0 Å². The quantitative estimate of drug-likeness (QED) is 0.748. The van der Waals surface area contributed by atoms with Gasteiger partial charge in [0.15, 0.2) is 21.3 Å². The van der Waals surface area contributed by atoms with Gasteiger partial charge in [-0.2, -0.15) is 0 Å². The van der Waals surface area contributed by atoms with E-state index in [1.165, 1.54) is 4.52 Å². The first-order valence-corrected chi connectivity index (χ1v) is 7.97. The number of hydrogen-bond donors (Lipinski definition) is 0. The number of fused-ring (bicyclic) bond motifs is 1. The third kappa shape index (κ3) is 2.10. The topological polar surface area (TPSA) is 64.3 Å². The number of halogens is 1. The van der Waals surface area contributed by atoms with E-state index in [1.54, 1.807) is 18.2 Å². The van der Waals surface area contributed by atoms with Crippen LogP contribution in [0.3, 0.4) is 0 Å². The van der Waals surface area contributed by atoms with Crippen molar-refractivity contribution < 1.29 is 8.42 Å². The molecule has 2 aromatic rings. The molecule has 1 unspecified atom stereocenters. The SMILES string of the molecule is O=S1(=O)CCCC(c2nc3cccc(Cl)n3n2)C1.